The molecule has 0 aliphatic heterocycles. The van der Waals surface area contributed by atoms with Crippen LogP contribution < -0.4 is 0 Å². The fraction of sp³-hybridized carbons (Fsp3) is 0. The highest BCUT2D eigenvalue weighted by Gasteiger charge is 2.03. The number of hydrogen-bond donors (Lipinski definition) is 0. The maximum Gasteiger partial charge on any atom is -0.0105 e. The summed E-state index contributed by atoms with van der Waals surface area (Å²) in [6.45, 7) is 0. The zero-order valence-corrected chi connectivity index (χ0v) is 16.7. The van der Waals surface area contributed by atoms with Gasteiger partial charge in [-0.3, -0.25) is 0 Å². The van der Waals surface area contributed by atoms with E-state index in [0.717, 1.165) is 0 Å². The molecule has 0 heterocycles. The molecule has 0 saturated carbocycles. The van der Waals surface area contributed by atoms with Crippen LogP contribution in [0.2, 0.25) is 0 Å². The third-order valence-electron chi connectivity index (χ3n) is 5.51. The third kappa shape index (κ3) is 3.68. The first-order valence-electron chi connectivity index (χ1n) is 10.3. The van der Waals surface area contributed by atoms with Crippen LogP contribution in [0, 0.1) is 0 Å². The van der Waals surface area contributed by atoms with E-state index in [4.69, 9.17) is 0 Å². The van der Waals surface area contributed by atoms with Crippen LogP contribution in [-0.2, 0) is 0 Å². The Bertz CT molecular complexity index is 1370. The van der Waals surface area contributed by atoms with E-state index < -0.39 is 0 Å². The number of fused-ring (bicyclic) bond motifs is 3. The summed E-state index contributed by atoms with van der Waals surface area (Å²) in [7, 11) is 0. The van der Waals surface area contributed by atoms with E-state index in [1.54, 1.807) is 0 Å². The van der Waals surface area contributed by atoms with Crippen LogP contribution >= 0.6 is 0 Å². The zero-order chi connectivity index (χ0) is 20.2. The van der Waals surface area contributed by atoms with E-state index in [-0.39, 0.29) is 0 Å². The van der Waals surface area contributed by atoms with Crippen molar-refractivity contribution in [2.24, 2.45) is 0 Å². The van der Waals surface area contributed by atoms with Crippen molar-refractivity contribution in [3.63, 3.8) is 0 Å². The van der Waals surface area contributed by atoms with Crippen LogP contribution in [0.5, 0.6) is 0 Å². The van der Waals surface area contributed by atoms with Gasteiger partial charge in [-0.25, -0.2) is 0 Å². The second-order valence-electron chi connectivity index (χ2n) is 7.44. The molecule has 0 nitrogen and oxygen atoms in total. The minimum Gasteiger partial charge on any atom is -0.0616 e. The van der Waals surface area contributed by atoms with Crippen LogP contribution in [0.4, 0.5) is 0 Å². The molecule has 0 radical (unpaired) electrons. The Hall–Kier alpha value is -3.90. The molecule has 6 aromatic carbocycles. The summed E-state index contributed by atoms with van der Waals surface area (Å²) in [5.41, 5.74) is 2.58. The standard InChI is InChI=1S/C20H14.C10H8/c1-2-8-17-14-18(13-12-15(17)6-1)20-11-5-9-16-7-3-4-10-19(16)20;1-2-6-10-8-4-3-7-9(10)5-1/h1-14H;1-8H. The molecule has 0 saturated heterocycles. The molecular weight excluding hydrogens is 360 g/mol. The molecule has 0 atom stereocenters. The molecule has 30 heavy (non-hydrogen) atoms. The van der Waals surface area contributed by atoms with Crippen molar-refractivity contribution in [2.45, 2.75) is 0 Å². The van der Waals surface area contributed by atoms with Gasteiger partial charge in [-0.2, -0.15) is 0 Å². The average Bonchev–Trinajstić information content (AvgIpc) is 2.84. The topological polar surface area (TPSA) is 0 Å². The van der Waals surface area contributed by atoms with Gasteiger partial charge in [-0.1, -0.05) is 127 Å². The van der Waals surface area contributed by atoms with Gasteiger partial charge in [-0.15, -0.1) is 0 Å². The van der Waals surface area contributed by atoms with E-state index in [1.807, 2.05) is 0 Å². The van der Waals surface area contributed by atoms with E-state index in [9.17, 15) is 0 Å². The Morgan fingerprint density at radius 3 is 1.40 bits per heavy atom. The maximum atomic E-state index is 2.27. The fourth-order valence-corrected chi connectivity index (χ4v) is 3.97. The van der Waals surface area contributed by atoms with Gasteiger partial charge in [0.15, 0.2) is 0 Å². The highest BCUT2D eigenvalue weighted by atomic mass is 14.1. The lowest BCUT2D eigenvalue weighted by Gasteiger charge is -2.08. The molecular formula is C30H22. The molecule has 0 spiro atoms. The number of rotatable bonds is 1. The number of hydrogen-bond acceptors (Lipinski definition) is 0. The lowest BCUT2D eigenvalue weighted by molar-refractivity contribution is 1.68. The summed E-state index contributed by atoms with van der Waals surface area (Å²) in [4.78, 5) is 0. The summed E-state index contributed by atoms with van der Waals surface area (Å²) in [6, 6.07) is 47.0. The molecule has 142 valence electrons. The molecule has 6 rings (SSSR count). The van der Waals surface area contributed by atoms with Crippen molar-refractivity contribution in [3.8, 4) is 11.1 Å². The van der Waals surface area contributed by atoms with E-state index in [1.165, 1.54) is 43.4 Å². The fourth-order valence-electron chi connectivity index (χ4n) is 3.97. The Morgan fingerprint density at radius 1 is 0.300 bits per heavy atom. The summed E-state index contributed by atoms with van der Waals surface area (Å²) in [5, 5.41) is 7.80. The van der Waals surface area contributed by atoms with Crippen LogP contribution in [0.15, 0.2) is 133 Å². The smallest absolute Gasteiger partial charge is 0.0105 e. The summed E-state index contributed by atoms with van der Waals surface area (Å²) in [6.07, 6.45) is 0. The highest BCUT2D eigenvalue weighted by Crippen LogP contribution is 2.30. The molecule has 0 fully saturated rings. The SMILES string of the molecule is c1ccc2cc(-c3cccc4ccccc34)ccc2c1.c1ccc2ccccc2c1. The lowest BCUT2D eigenvalue weighted by atomic mass is 9.96. The second kappa shape index (κ2) is 8.23. The molecule has 0 unspecified atom stereocenters. The first-order valence-corrected chi connectivity index (χ1v) is 10.3. The number of benzene rings is 6. The Labute approximate surface area is 177 Å². The van der Waals surface area contributed by atoms with Gasteiger partial charge in [0.25, 0.3) is 0 Å². The predicted octanol–water partition coefficient (Wildman–Crippen LogP) is 8.50. The van der Waals surface area contributed by atoms with Crippen molar-refractivity contribution in [3.05, 3.63) is 133 Å². The maximum absolute atomic E-state index is 2.27. The molecule has 0 aliphatic carbocycles. The second-order valence-corrected chi connectivity index (χ2v) is 7.44. The van der Waals surface area contributed by atoms with Gasteiger partial charge in [0, 0.05) is 0 Å². The van der Waals surface area contributed by atoms with Crippen molar-refractivity contribution in [2.75, 3.05) is 0 Å². The molecule has 0 amide bonds. The highest BCUT2D eigenvalue weighted by molar-refractivity contribution is 5.98. The molecule has 0 N–H and O–H groups in total. The van der Waals surface area contributed by atoms with Gasteiger partial charge >= 0.3 is 0 Å². The van der Waals surface area contributed by atoms with E-state index in [2.05, 4.69) is 133 Å². The Morgan fingerprint density at radius 2 is 0.767 bits per heavy atom. The van der Waals surface area contributed by atoms with Gasteiger partial charge in [-0.05, 0) is 49.5 Å². The Kier molecular flexibility index (Phi) is 4.98. The quantitative estimate of drug-likeness (QED) is 0.267. The molecule has 0 aromatic heterocycles. The predicted molar refractivity (Wildman–Crippen MR) is 131 cm³/mol. The average molecular weight is 383 g/mol. The summed E-state index contributed by atoms with van der Waals surface area (Å²) in [5.74, 6) is 0. The van der Waals surface area contributed by atoms with Crippen molar-refractivity contribution >= 4 is 32.3 Å². The van der Waals surface area contributed by atoms with Crippen molar-refractivity contribution in [1.29, 1.82) is 0 Å². The van der Waals surface area contributed by atoms with Crippen molar-refractivity contribution < 1.29 is 0 Å². The van der Waals surface area contributed by atoms with Gasteiger partial charge in [0.2, 0.25) is 0 Å². The molecule has 0 bridgehead atoms. The summed E-state index contributed by atoms with van der Waals surface area (Å²) >= 11 is 0. The monoisotopic (exact) mass is 382 g/mol. The van der Waals surface area contributed by atoms with E-state index in [0.29, 0.717) is 0 Å². The zero-order valence-electron chi connectivity index (χ0n) is 16.7. The minimum absolute atomic E-state index is 1.28. The van der Waals surface area contributed by atoms with Gasteiger partial charge < -0.3 is 0 Å². The van der Waals surface area contributed by atoms with Crippen LogP contribution in [0.1, 0.15) is 0 Å². The molecule has 0 heteroatoms. The van der Waals surface area contributed by atoms with E-state index >= 15 is 0 Å². The normalized spacial score (nSPS) is 10.7. The first kappa shape index (κ1) is 18.1. The van der Waals surface area contributed by atoms with Gasteiger partial charge in [0.1, 0.15) is 0 Å². The largest absolute Gasteiger partial charge is 0.0616 e. The molecule has 6 aromatic rings. The lowest BCUT2D eigenvalue weighted by Crippen LogP contribution is -1.82. The van der Waals surface area contributed by atoms with Crippen LogP contribution in [-0.4, -0.2) is 0 Å². The van der Waals surface area contributed by atoms with Crippen LogP contribution in [0.25, 0.3) is 43.4 Å². The molecule has 0 aliphatic rings. The third-order valence-corrected chi connectivity index (χ3v) is 5.51. The van der Waals surface area contributed by atoms with Crippen molar-refractivity contribution in [1.82, 2.24) is 0 Å². The summed E-state index contributed by atoms with van der Waals surface area (Å²) < 4.78 is 0. The minimum atomic E-state index is 1.28. The van der Waals surface area contributed by atoms with Crippen LogP contribution in [0.3, 0.4) is 0 Å². The Balaban J connectivity index is 0.000000161. The first-order chi connectivity index (χ1) is 14.9. The van der Waals surface area contributed by atoms with Gasteiger partial charge in [0.05, 0.1) is 0 Å².